The summed E-state index contributed by atoms with van der Waals surface area (Å²) in [6, 6.07) is 9.03. The quantitative estimate of drug-likeness (QED) is 0.508. The van der Waals surface area contributed by atoms with Crippen LogP contribution in [0.25, 0.3) is 0 Å². The first kappa shape index (κ1) is 22.7. The van der Waals surface area contributed by atoms with E-state index in [9.17, 15) is 36.5 Å². The summed E-state index contributed by atoms with van der Waals surface area (Å²) in [6.07, 6.45) is -4.56. The van der Waals surface area contributed by atoms with Gasteiger partial charge in [0.15, 0.2) is 0 Å². The summed E-state index contributed by atoms with van der Waals surface area (Å²) in [5, 5.41) is 10.9. The average Bonchev–Trinajstić information content (AvgIpc) is 2.73. The van der Waals surface area contributed by atoms with E-state index in [1.165, 1.54) is 35.2 Å². The fourth-order valence-electron chi connectivity index (χ4n) is 3.18. The highest BCUT2D eigenvalue weighted by atomic mass is 32.2. The number of carbonyl (C=O) groups is 1. The standard InChI is InChI=1S/C19H18F3N3O5S/c20-19(21,22)15-6-4-14(5-7-15)12-18(26)23-8-10-24(11-9-23)31(29,30)17-3-1-2-16(13-17)25(27)28/h1-7,13H,8-12H2. The Kier molecular flexibility index (Phi) is 6.32. The van der Waals surface area contributed by atoms with E-state index in [0.29, 0.717) is 5.56 Å². The number of piperazine rings is 1. The van der Waals surface area contributed by atoms with Crippen molar-refractivity contribution in [1.82, 2.24) is 9.21 Å². The first-order valence-corrected chi connectivity index (χ1v) is 10.6. The molecule has 12 heteroatoms. The Balaban J connectivity index is 1.61. The van der Waals surface area contributed by atoms with Gasteiger partial charge in [-0.3, -0.25) is 14.9 Å². The zero-order valence-electron chi connectivity index (χ0n) is 16.1. The minimum atomic E-state index is -4.45. The van der Waals surface area contributed by atoms with Crippen LogP contribution in [0.3, 0.4) is 0 Å². The van der Waals surface area contributed by atoms with Gasteiger partial charge in [0.25, 0.3) is 5.69 Å². The molecular formula is C19H18F3N3O5S. The Morgan fingerprint density at radius 3 is 2.19 bits per heavy atom. The summed E-state index contributed by atoms with van der Waals surface area (Å²) in [6.45, 7) is 0.217. The van der Waals surface area contributed by atoms with Gasteiger partial charge in [0, 0.05) is 38.3 Å². The summed E-state index contributed by atoms with van der Waals surface area (Å²) in [5.41, 5.74) is -0.722. The van der Waals surface area contributed by atoms with Crippen LogP contribution < -0.4 is 0 Å². The van der Waals surface area contributed by atoms with Gasteiger partial charge in [-0.2, -0.15) is 17.5 Å². The lowest BCUT2D eigenvalue weighted by Crippen LogP contribution is -2.50. The van der Waals surface area contributed by atoms with Gasteiger partial charge in [-0.05, 0) is 23.8 Å². The second-order valence-corrected chi connectivity index (χ2v) is 8.85. The molecule has 1 aliphatic rings. The molecule has 166 valence electrons. The minimum absolute atomic E-state index is 0.00375. The number of nitro benzene ring substituents is 1. The molecule has 0 saturated carbocycles. The number of sulfonamides is 1. The van der Waals surface area contributed by atoms with Crippen molar-refractivity contribution in [2.24, 2.45) is 0 Å². The second-order valence-electron chi connectivity index (χ2n) is 6.91. The zero-order valence-corrected chi connectivity index (χ0v) is 16.9. The van der Waals surface area contributed by atoms with E-state index in [0.717, 1.165) is 22.5 Å². The second kappa shape index (κ2) is 8.63. The molecule has 0 N–H and O–H groups in total. The zero-order chi connectivity index (χ0) is 22.8. The van der Waals surface area contributed by atoms with Gasteiger partial charge in [-0.25, -0.2) is 8.42 Å². The molecule has 2 aromatic carbocycles. The van der Waals surface area contributed by atoms with Crippen LogP contribution in [0.2, 0.25) is 0 Å². The topological polar surface area (TPSA) is 101 Å². The van der Waals surface area contributed by atoms with Crippen LogP contribution in [0.15, 0.2) is 53.4 Å². The van der Waals surface area contributed by atoms with Crippen LogP contribution >= 0.6 is 0 Å². The highest BCUT2D eigenvalue weighted by Gasteiger charge is 2.32. The number of benzene rings is 2. The SMILES string of the molecule is O=C(Cc1ccc(C(F)(F)F)cc1)N1CCN(S(=O)(=O)c2cccc([N+](=O)[O-])c2)CC1. The van der Waals surface area contributed by atoms with E-state index in [1.54, 1.807) is 0 Å². The average molecular weight is 457 g/mol. The van der Waals surface area contributed by atoms with Gasteiger partial charge < -0.3 is 4.90 Å². The van der Waals surface area contributed by atoms with Gasteiger partial charge in [-0.15, -0.1) is 0 Å². The monoisotopic (exact) mass is 457 g/mol. The third-order valence-electron chi connectivity index (χ3n) is 4.89. The van der Waals surface area contributed by atoms with Gasteiger partial charge in [0.2, 0.25) is 15.9 Å². The van der Waals surface area contributed by atoms with E-state index in [1.807, 2.05) is 0 Å². The number of alkyl halides is 3. The van der Waals surface area contributed by atoms with Crippen molar-refractivity contribution in [3.8, 4) is 0 Å². The molecule has 0 aliphatic carbocycles. The molecule has 0 bridgehead atoms. The number of amides is 1. The lowest BCUT2D eigenvalue weighted by molar-refractivity contribution is -0.385. The fraction of sp³-hybridized carbons (Fsp3) is 0.316. The first-order chi connectivity index (χ1) is 14.5. The maximum Gasteiger partial charge on any atom is 0.416 e. The molecule has 0 radical (unpaired) electrons. The summed E-state index contributed by atoms with van der Waals surface area (Å²) < 4.78 is 64.5. The van der Waals surface area contributed by atoms with Crippen LogP contribution in [-0.4, -0.2) is 54.6 Å². The van der Waals surface area contributed by atoms with Crippen molar-refractivity contribution < 1.29 is 31.3 Å². The Morgan fingerprint density at radius 1 is 1.03 bits per heavy atom. The van der Waals surface area contributed by atoms with Crippen molar-refractivity contribution in [2.75, 3.05) is 26.2 Å². The van der Waals surface area contributed by atoms with Crippen LogP contribution in [0.1, 0.15) is 11.1 Å². The van der Waals surface area contributed by atoms with Gasteiger partial charge >= 0.3 is 6.18 Å². The molecule has 1 aliphatic heterocycles. The smallest absolute Gasteiger partial charge is 0.340 e. The summed E-state index contributed by atoms with van der Waals surface area (Å²) >= 11 is 0. The predicted molar refractivity (Wildman–Crippen MR) is 104 cm³/mol. The van der Waals surface area contributed by atoms with E-state index in [4.69, 9.17) is 0 Å². The largest absolute Gasteiger partial charge is 0.416 e. The maximum atomic E-state index is 12.8. The Hall–Kier alpha value is -2.99. The van der Waals surface area contributed by atoms with Crippen molar-refractivity contribution in [2.45, 2.75) is 17.5 Å². The third kappa shape index (κ3) is 5.20. The molecule has 8 nitrogen and oxygen atoms in total. The number of nitrogens with zero attached hydrogens (tertiary/aromatic N) is 3. The number of non-ortho nitro benzene ring substituents is 1. The maximum absolute atomic E-state index is 12.8. The number of halogens is 3. The molecule has 1 fully saturated rings. The normalized spacial score (nSPS) is 15.6. The molecular weight excluding hydrogens is 439 g/mol. The van der Waals surface area contributed by atoms with Crippen molar-refractivity contribution in [1.29, 1.82) is 0 Å². The number of nitro groups is 1. The van der Waals surface area contributed by atoms with E-state index in [2.05, 4.69) is 0 Å². The Morgan fingerprint density at radius 2 is 1.65 bits per heavy atom. The number of hydrogen-bond acceptors (Lipinski definition) is 5. The molecule has 1 saturated heterocycles. The Labute approximate surface area is 176 Å². The molecule has 31 heavy (non-hydrogen) atoms. The van der Waals surface area contributed by atoms with Gasteiger partial charge in [0.1, 0.15) is 0 Å². The van der Waals surface area contributed by atoms with Gasteiger partial charge in [0.05, 0.1) is 21.8 Å². The van der Waals surface area contributed by atoms with E-state index < -0.39 is 26.7 Å². The summed E-state index contributed by atoms with van der Waals surface area (Å²) in [7, 11) is -3.96. The molecule has 0 atom stereocenters. The fourth-order valence-corrected chi connectivity index (χ4v) is 4.64. The Bertz CT molecular complexity index is 1080. The summed E-state index contributed by atoms with van der Waals surface area (Å²) in [5.74, 6) is -0.327. The first-order valence-electron chi connectivity index (χ1n) is 9.17. The van der Waals surface area contributed by atoms with Crippen molar-refractivity contribution >= 4 is 21.6 Å². The highest BCUT2D eigenvalue weighted by molar-refractivity contribution is 7.89. The van der Waals surface area contributed by atoms with Crippen molar-refractivity contribution in [3.05, 3.63) is 69.8 Å². The molecule has 0 unspecified atom stereocenters. The molecule has 0 aromatic heterocycles. The minimum Gasteiger partial charge on any atom is -0.340 e. The lowest BCUT2D eigenvalue weighted by atomic mass is 10.1. The molecule has 1 amide bonds. The van der Waals surface area contributed by atoms with Crippen molar-refractivity contribution in [3.63, 3.8) is 0 Å². The number of rotatable bonds is 5. The van der Waals surface area contributed by atoms with Gasteiger partial charge in [-0.1, -0.05) is 18.2 Å². The third-order valence-corrected chi connectivity index (χ3v) is 6.79. The van der Waals surface area contributed by atoms with Crippen LogP contribution in [0.4, 0.5) is 18.9 Å². The van der Waals surface area contributed by atoms with Crippen LogP contribution in [0.5, 0.6) is 0 Å². The lowest BCUT2D eigenvalue weighted by Gasteiger charge is -2.34. The van der Waals surface area contributed by atoms with E-state index >= 15 is 0 Å². The molecule has 2 aromatic rings. The summed E-state index contributed by atoms with van der Waals surface area (Å²) in [4.78, 5) is 23.9. The molecule has 0 spiro atoms. The predicted octanol–water partition coefficient (Wildman–Crippen LogP) is 2.69. The number of hydrogen-bond donors (Lipinski definition) is 0. The molecule has 3 rings (SSSR count). The molecule has 1 heterocycles. The number of carbonyl (C=O) groups excluding carboxylic acids is 1. The van der Waals surface area contributed by atoms with Crippen LogP contribution in [-0.2, 0) is 27.4 Å². The van der Waals surface area contributed by atoms with Crippen LogP contribution in [0, 0.1) is 10.1 Å². The highest BCUT2D eigenvalue weighted by Crippen LogP contribution is 2.29. The van der Waals surface area contributed by atoms with E-state index in [-0.39, 0.29) is 49.1 Å².